The van der Waals surface area contributed by atoms with E-state index in [0.29, 0.717) is 10.9 Å². The van der Waals surface area contributed by atoms with E-state index in [1.165, 1.54) is 12.1 Å². The molecule has 1 aromatic heterocycles. The third-order valence-electron chi connectivity index (χ3n) is 4.16. The second kappa shape index (κ2) is 6.83. The van der Waals surface area contributed by atoms with Crippen LogP contribution in [0, 0.1) is 0 Å². The standard InChI is InChI=1S/C19H14N4O4/c24-17(27-23-18(25)14-8-4-5-9-15(14)19(23)26)11-10-16-21-20-12-22(16)13-6-2-1-3-7-13/h1-9,12H,10-11H2. The molecule has 0 aliphatic carbocycles. The van der Waals surface area contributed by atoms with Gasteiger partial charge in [0.05, 0.1) is 17.5 Å². The van der Waals surface area contributed by atoms with Crippen LogP contribution in [-0.4, -0.2) is 37.6 Å². The molecular weight excluding hydrogens is 348 g/mol. The Bertz CT molecular complexity index is 994. The molecule has 8 nitrogen and oxygen atoms in total. The van der Waals surface area contributed by atoms with Crippen LogP contribution in [0.25, 0.3) is 5.69 Å². The van der Waals surface area contributed by atoms with Crippen molar-refractivity contribution in [1.82, 2.24) is 19.8 Å². The van der Waals surface area contributed by atoms with Gasteiger partial charge >= 0.3 is 5.97 Å². The van der Waals surface area contributed by atoms with E-state index >= 15 is 0 Å². The molecule has 0 radical (unpaired) electrons. The maximum atomic E-state index is 12.2. The number of nitrogens with zero attached hydrogens (tertiary/aromatic N) is 4. The number of aryl methyl sites for hydroxylation is 1. The van der Waals surface area contributed by atoms with Crippen molar-refractivity contribution < 1.29 is 19.2 Å². The van der Waals surface area contributed by atoms with Crippen molar-refractivity contribution in [2.24, 2.45) is 0 Å². The van der Waals surface area contributed by atoms with E-state index in [4.69, 9.17) is 4.84 Å². The van der Waals surface area contributed by atoms with Crippen LogP contribution >= 0.6 is 0 Å². The second-order valence-corrected chi connectivity index (χ2v) is 5.87. The Labute approximate surface area is 154 Å². The molecule has 8 heteroatoms. The van der Waals surface area contributed by atoms with Crippen molar-refractivity contribution in [3.63, 3.8) is 0 Å². The Kier molecular flexibility index (Phi) is 4.21. The molecule has 1 aliphatic heterocycles. The summed E-state index contributed by atoms with van der Waals surface area (Å²) >= 11 is 0. The van der Waals surface area contributed by atoms with Crippen molar-refractivity contribution in [1.29, 1.82) is 0 Å². The van der Waals surface area contributed by atoms with Crippen LogP contribution in [0.15, 0.2) is 60.9 Å². The number of hydrogen-bond donors (Lipinski definition) is 0. The Morgan fingerprint density at radius 2 is 1.56 bits per heavy atom. The summed E-state index contributed by atoms with van der Waals surface area (Å²) in [6.07, 6.45) is 1.75. The Hall–Kier alpha value is -3.81. The Morgan fingerprint density at radius 1 is 0.926 bits per heavy atom. The largest absolute Gasteiger partial charge is 0.333 e. The number of carbonyl (C=O) groups is 3. The highest BCUT2D eigenvalue weighted by atomic mass is 16.7. The van der Waals surface area contributed by atoms with Gasteiger partial charge in [-0.15, -0.1) is 10.2 Å². The molecule has 0 unspecified atom stereocenters. The lowest BCUT2D eigenvalue weighted by Gasteiger charge is -2.12. The number of hydrogen-bond acceptors (Lipinski definition) is 6. The van der Waals surface area contributed by atoms with Gasteiger partial charge in [-0.1, -0.05) is 35.4 Å². The molecule has 134 valence electrons. The van der Waals surface area contributed by atoms with Gasteiger partial charge in [-0.25, -0.2) is 4.79 Å². The first-order chi connectivity index (χ1) is 13.1. The topological polar surface area (TPSA) is 94.4 Å². The normalized spacial score (nSPS) is 13.0. The van der Waals surface area contributed by atoms with E-state index in [-0.39, 0.29) is 24.0 Å². The van der Waals surface area contributed by atoms with E-state index < -0.39 is 17.8 Å². The summed E-state index contributed by atoms with van der Waals surface area (Å²) in [5.74, 6) is -1.42. The van der Waals surface area contributed by atoms with Gasteiger partial charge in [0.15, 0.2) is 0 Å². The average Bonchev–Trinajstić information content (AvgIpc) is 3.26. The number of carbonyl (C=O) groups excluding carboxylic acids is 3. The first-order valence-electron chi connectivity index (χ1n) is 8.28. The summed E-state index contributed by atoms with van der Waals surface area (Å²) < 4.78 is 1.76. The fourth-order valence-corrected chi connectivity index (χ4v) is 2.85. The molecule has 0 saturated heterocycles. The number of para-hydroxylation sites is 1. The highest BCUT2D eigenvalue weighted by Crippen LogP contribution is 2.23. The van der Waals surface area contributed by atoms with Crippen LogP contribution in [0.5, 0.6) is 0 Å². The molecule has 0 bridgehead atoms. The minimum absolute atomic E-state index is 0.0566. The van der Waals surface area contributed by atoms with E-state index in [9.17, 15) is 14.4 Å². The van der Waals surface area contributed by atoms with Gasteiger partial charge in [-0.2, -0.15) is 0 Å². The molecule has 0 saturated carbocycles. The number of amides is 2. The molecule has 0 N–H and O–H groups in total. The van der Waals surface area contributed by atoms with Crippen LogP contribution in [0.2, 0.25) is 0 Å². The van der Waals surface area contributed by atoms with Crippen LogP contribution in [0.3, 0.4) is 0 Å². The van der Waals surface area contributed by atoms with Crippen molar-refractivity contribution in [2.75, 3.05) is 0 Å². The van der Waals surface area contributed by atoms with Crippen molar-refractivity contribution in [2.45, 2.75) is 12.8 Å². The van der Waals surface area contributed by atoms with Crippen molar-refractivity contribution >= 4 is 17.8 Å². The molecule has 2 amide bonds. The number of fused-ring (bicyclic) bond motifs is 1. The monoisotopic (exact) mass is 362 g/mol. The molecule has 2 aromatic carbocycles. The summed E-state index contributed by atoms with van der Waals surface area (Å²) in [5.41, 5.74) is 1.31. The van der Waals surface area contributed by atoms with E-state index in [1.807, 2.05) is 30.3 Å². The van der Waals surface area contributed by atoms with Gasteiger partial charge in [-0.3, -0.25) is 14.2 Å². The summed E-state index contributed by atoms with van der Waals surface area (Å²) in [6, 6.07) is 15.8. The maximum Gasteiger partial charge on any atom is 0.333 e. The van der Waals surface area contributed by atoms with Gasteiger partial charge < -0.3 is 4.84 Å². The van der Waals surface area contributed by atoms with E-state index in [1.54, 1.807) is 23.0 Å². The zero-order valence-electron chi connectivity index (χ0n) is 14.1. The fraction of sp³-hybridized carbons (Fsp3) is 0.105. The summed E-state index contributed by atoms with van der Waals surface area (Å²) in [7, 11) is 0. The van der Waals surface area contributed by atoms with Gasteiger partial charge in [0.25, 0.3) is 11.8 Å². The zero-order valence-corrected chi connectivity index (χ0v) is 14.1. The van der Waals surface area contributed by atoms with Gasteiger partial charge in [-0.05, 0) is 24.3 Å². The lowest BCUT2D eigenvalue weighted by molar-refractivity contribution is -0.168. The molecule has 0 atom stereocenters. The Balaban J connectivity index is 1.41. The zero-order chi connectivity index (χ0) is 18.8. The van der Waals surface area contributed by atoms with Crippen LogP contribution in [0.1, 0.15) is 33.0 Å². The average molecular weight is 362 g/mol. The van der Waals surface area contributed by atoms with E-state index in [0.717, 1.165) is 5.69 Å². The number of benzene rings is 2. The molecule has 2 heterocycles. The molecule has 1 aliphatic rings. The minimum Gasteiger partial charge on any atom is -0.330 e. The van der Waals surface area contributed by atoms with Gasteiger partial charge in [0.1, 0.15) is 12.2 Å². The third-order valence-corrected chi connectivity index (χ3v) is 4.16. The predicted octanol–water partition coefficient (Wildman–Crippen LogP) is 1.95. The summed E-state index contributed by atoms with van der Waals surface area (Å²) in [6.45, 7) is 0. The quantitative estimate of drug-likeness (QED) is 0.644. The number of rotatable bonds is 5. The highest BCUT2D eigenvalue weighted by molar-refractivity contribution is 6.20. The molecule has 27 heavy (non-hydrogen) atoms. The minimum atomic E-state index is -0.702. The number of hydroxylamine groups is 2. The second-order valence-electron chi connectivity index (χ2n) is 5.87. The van der Waals surface area contributed by atoms with Gasteiger partial charge in [0, 0.05) is 12.1 Å². The molecular formula is C19H14N4O4. The first-order valence-corrected chi connectivity index (χ1v) is 8.28. The SMILES string of the molecule is O=C(CCc1nncn1-c1ccccc1)ON1C(=O)c2ccccc2C1=O. The molecule has 0 spiro atoms. The Morgan fingerprint density at radius 3 is 2.22 bits per heavy atom. The molecule has 3 aromatic rings. The predicted molar refractivity (Wildman–Crippen MR) is 92.7 cm³/mol. The van der Waals surface area contributed by atoms with Crippen LogP contribution in [0.4, 0.5) is 0 Å². The smallest absolute Gasteiger partial charge is 0.330 e. The van der Waals surface area contributed by atoms with E-state index in [2.05, 4.69) is 10.2 Å². The molecule has 4 rings (SSSR count). The highest BCUT2D eigenvalue weighted by Gasteiger charge is 2.38. The number of imide groups is 1. The van der Waals surface area contributed by atoms with Crippen molar-refractivity contribution in [3.8, 4) is 5.69 Å². The first kappa shape index (κ1) is 16.6. The summed E-state index contributed by atoms with van der Waals surface area (Å²) in [5, 5.41) is 8.40. The van der Waals surface area contributed by atoms with Gasteiger partial charge in [0.2, 0.25) is 0 Å². The molecule has 0 fully saturated rings. The van der Waals surface area contributed by atoms with Crippen molar-refractivity contribution in [3.05, 3.63) is 77.9 Å². The maximum absolute atomic E-state index is 12.2. The lowest BCUT2D eigenvalue weighted by Crippen LogP contribution is -2.32. The summed E-state index contributed by atoms with van der Waals surface area (Å²) in [4.78, 5) is 41.6. The lowest BCUT2D eigenvalue weighted by atomic mass is 10.1. The third kappa shape index (κ3) is 3.08. The number of aromatic nitrogens is 3. The van der Waals surface area contributed by atoms with Crippen LogP contribution < -0.4 is 0 Å². The van der Waals surface area contributed by atoms with Crippen LogP contribution in [-0.2, 0) is 16.1 Å². The fourth-order valence-electron chi connectivity index (χ4n) is 2.85.